The molecule has 1 rings (SSSR count). The van der Waals surface area contributed by atoms with Crippen LogP contribution < -0.4 is 0 Å². The fourth-order valence-electron chi connectivity index (χ4n) is 2.01. The third-order valence-electron chi connectivity index (χ3n) is 2.77. The Morgan fingerprint density at radius 2 is 2.06 bits per heavy atom. The lowest BCUT2D eigenvalue weighted by molar-refractivity contribution is 0.00834. The fraction of sp³-hybridized carbons (Fsp3) is 0.929. The monoisotopic (exact) mass is 257 g/mol. The molecular formula is C14H27NO3. The molecule has 0 aromatic heterocycles. The van der Waals surface area contributed by atoms with Crippen molar-refractivity contribution < 1.29 is 14.3 Å². The predicted molar refractivity (Wildman–Crippen MR) is 71.6 cm³/mol. The lowest BCUT2D eigenvalue weighted by atomic mass is 10.2. The van der Waals surface area contributed by atoms with E-state index < -0.39 is 5.60 Å². The van der Waals surface area contributed by atoms with E-state index in [4.69, 9.17) is 9.47 Å². The quantitative estimate of drug-likeness (QED) is 0.777. The van der Waals surface area contributed by atoms with E-state index in [1.165, 1.54) is 0 Å². The minimum absolute atomic E-state index is 0.179. The standard InChI is InChI=1S/C14H27NO3/c1-11(2)9-17-10-12-7-6-8-15(12)13(16)18-14(3,4)5/h11-12H,6-10H2,1-5H3/t12-/m1/s1. The molecule has 0 N–H and O–H groups in total. The van der Waals surface area contributed by atoms with Gasteiger partial charge in [0.1, 0.15) is 5.60 Å². The summed E-state index contributed by atoms with van der Waals surface area (Å²) < 4.78 is 11.1. The summed E-state index contributed by atoms with van der Waals surface area (Å²) in [6, 6.07) is 0.179. The van der Waals surface area contributed by atoms with Crippen molar-refractivity contribution in [3.8, 4) is 0 Å². The summed E-state index contributed by atoms with van der Waals surface area (Å²) in [5.74, 6) is 0.529. The van der Waals surface area contributed by atoms with Gasteiger partial charge in [-0.3, -0.25) is 0 Å². The Kier molecular flexibility index (Phi) is 5.45. The van der Waals surface area contributed by atoms with E-state index >= 15 is 0 Å². The maximum atomic E-state index is 12.0. The normalized spacial score (nSPS) is 20.6. The van der Waals surface area contributed by atoms with Crippen LogP contribution in [0.25, 0.3) is 0 Å². The van der Waals surface area contributed by atoms with E-state index in [0.717, 1.165) is 26.0 Å². The average Bonchev–Trinajstić information content (AvgIpc) is 2.62. The van der Waals surface area contributed by atoms with Crippen molar-refractivity contribution in [1.29, 1.82) is 0 Å². The van der Waals surface area contributed by atoms with Crippen molar-refractivity contribution in [3.63, 3.8) is 0 Å². The highest BCUT2D eigenvalue weighted by Gasteiger charge is 2.32. The first-order chi connectivity index (χ1) is 8.29. The van der Waals surface area contributed by atoms with Crippen LogP contribution in [0.15, 0.2) is 0 Å². The summed E-state index contributed by atoms with van der Waals surface area (Å²) in [7, 11) is 0. The molecule has 1 heterocycles. The van der Waals surface area contributed by atoms with E-state index in [9.17, 15) is 4.79 Å². The molecule has 0 aromatic rings. The Hall–Kier alpha value is -0.770. The topological polar surface area (TPSA) is 38.8 Å². The number of hydrogen-bond donors (Lipinski definition) is 0. The van der Waals surface area contributed by atoms with Crippen LogP contribution in [0.4, 0.5) is 4.79 Å². The van der Waals surface area contributed by atoms with Gasteiger partial charge in [-0.2, -0.15) is 0 Å². The minimum atomic E-state index is -0.428. The molecule has 4 heteroatoms. The van der Waals surface area contributed by atoms with Crippen molar-refractivity contribution in [2.24, 2.45) is 5.92 Å². The van der Waals surface area contributed by atoms with Gasteiger partial charge in [0, 0.05) is 13.2 Å². The third kappa shape index (κ3) is 5.25. The van der Waals surface area contributed by atoms with Gasteiger partial charge in [-0.1, -0.05) is 13.8 Å². The van der Waals surface area contributed by atoms with Crippen molar-refractivity contribution >= 4 is 6.09 Å². The van der Waals surface area contributed by atoms with Crippen LogP contribution in [0.2, 0.25) is 0 Å². The number of hydrogen-bond acceptors (Lipinski definition) is 3. The van der Waals surface area contributed by atoms with E-state index in [0.29, 0.717) is 12.5 Å². The van der Waals surface area contributed by atoms with Crippen molar-refractivity contribution in [1.82, 2.24) is 4.90 Å². The molecule has 0 unspecified atom stereocenters. The summed E-state index contributed by atoms with van der Waals surface area (Å²) in [5.41, 5.74) is -0.428. The second kappa shape index (κ2) is 6.41. The van der Waals surface area contributed by atoms with Gasteiger partial charge in [-0.05, 0) is 39.5 Å². The third-order valence-corrected chi connectivity index (χ3v) is 2.77. The summed E-state index contributed by atoms with van der Waals surface area (Å²) in [6.45, 7) is 12.1. The van der Waals surface area contributed by atoms with Crippen molar-refractivity contribution in [2.45, 2.75) is 59.1 Å². The van der Waals surface area contributed by atoms with Gasteiger partial charge >= 0.3 is 6.09 Å². The zero-order valence-corrected chi connectivity index (χ0v) is 12.4. The van der Waals surface area contributed by atoms with Crippen molar-refractivity contribution in [3.05, 3.63) is 0 Å². The lowest BCUT2D eigenvalue weighted by Crippen LogP contribution is -2.41. The highest BCUT2D eigenvalue weighted by Crippen LogP contribution is 2.21. The van der Waals surface area contributed by atoms with Crippen LogP contribution >= 0.6 is 0 Å². The second-order valence-corrected chi connectivity index (χ2v) is 6.40. The van der Waals surface area contributed by atoms with Crippen LogP contribution in [0.5, 0.6) is 0 Å². The molecule has 1 fully saturated rings. The Bertz CT molecular complexity index is 271. The fourth-order valence-corrected chi connectivity index (χ4v) is 2.01. The zero-order valence-electron chi connectivity index (χ0n) is 12.4. The number of likely N-dealkylation sites (tertiary alicyclic amines) is 1. The van der Waals surface area contributed by atoms with Crippen LogP contribution in [-0.4, -0.2) is 42.4 Å². The van der Waals surface area contributed by atoms with Crippen LogP contribution in [0.3, 0.4) is 0 Å². The predicted octanol–water partition coefficient (Wildman–Crippen LogP) is 3.06. The van der Waals surface area contributed by atoms with Gasteiger partial charge in [-0.15, -0.1) is 0 Å². The summed E-state index contributed by atoms with van der Waals surface area (Å²) in [4.78, 5) is 13.8. The summed E-state index contributed by atoms with van der Waals surface area (Å²) >= 11 is 0. The molecule has 0 radical (unpaired) electrons. The SMILES string of the molecule is CC(C)COC[C@H]1CCCN1C(=O)OC(C)(C)C. The first-order valence-corrected chi connectivity index (χ1v) is 6.87. The Balaban J connectivity index is 2.41. The maximum Gasteiger partial charge on any atom is 0.410 e. The highest BCUT2D eigenvalue weighted by atomic mass is 16.6. The molecule has 0 bridgehead atoms. The lowest BCUT2D eigenvalue weighted by Gasteiger charge is -2.28. The molecule has 1 atom stereocenters. The Labute approximate surface area is 111 Å². The number of rotatable bonds is 4. The van der Waals surface area contributed by atoms with E-state index in [1.54, 1.807) is 0 Å². The molecular weight excluding hydrogens is 230 g/mol. The molecule has 18 heavy (non-hydrogen) atoms. The molecule has 1 amide bonds. The van der Waals surface area contributed by atoms with E-state index in [1.807, 2.05) is 25.7 Å². The minimum Gasteiger partial charge on any atom is -0.444 e. The number of nitrogens with zero attached hydrogens (tertiary/aromatic N) is 1. The van der Waals surface area contributed by atoms with E-state index in [-0.39, 0.29) is 12.1 Å². The number of amides is 1. The van der Waals surface area contributed by atoms with Crippen molar-refractivity contribution in [2.75, 3.05) is 19.8 Å². The summed E-state index contributed by atoms with van der Waals surface area (Å²) in [5, 5.41) is 0. The molecule has 106 valence electrons. The maximum absolute atomic E-state index is 12.0. The van der Waals surface area contributed by atoms with Gasteiger partial charge in [0.05, 0.1) is 12.6 Å². The number of carbonyl (C=O) groups is 1. The zero-order chi connectivity index (χ0) is 13.8. The molecule has 0 aliphatic carbocycles. The molecule has 0 spiro atoms. The molecule has 4 nitrogen and oxygen atoms in total. The molecule has 1 aliphatic rings. The highest BCUT2D eigenvalue weighted by molar-refractivity contribution is 5.68. The molecule has 1 saturated heterocycles. The number of carbonyl (C=O) groups excluding carboxylic acids is 1. The smallest absolute Gasteiger partial charge is 0.410 e. The Morgan fingerprint density at radius 3 is 2.61 bits per heavy atom. The molecule has 0 saturated carbocycles. The van der Waals surface area contributed by atoms with Gasteiger partial charge < -0.3 is 14.4 Å². The molecule has 1 aliphatic heterocycles. The van der Waals surface area contributed by atoms with Gasteiger partial charge in [0.15, 0.2) is 0 Å². The van der Waals surface area contributed by atoms with Crippen LogP contribution in [-0.2, 0) is 9.47 Å². The second-order valence-electron chi connectivity index (χ2n) is 6.40. The van der Waals surface area contributed by atoms with E-state index in [2.05, 4.69) is 13.8 Å². The first-order valence-electron chi connectivity index (χ1n) is 6.87. The Morgan fingerprint density at radius 1 is 1.39 bits per heavy atom. The van der Waals surface area contributed by atoms with Gasteiger partial charge in [0.25, 0.3) is 0 Å². The average molecular weight is 257 g/mol. The largest absolute Gasteiger partial charge is 0.444 e. The van der Waals surface area contributed by atoms with Gasteiger partial charge in [0.2, 0.25) is 0 Å². The summed E-state index contributed by atoms with van der Waals surface area (Å²) in [6.07, 6.45) is 1.84. The van der Waals surface area contributed by atoms with Gasteiger partial charge in [-0.25, -0.2) is 4.79 Å². The van der Waals surface area contributed by atoms with Crippen LogP contribution in [0, 0.1) is 5.92 Å². The first kappa shape index (κ1) is 15.3. The number of ether oxygens (including phenoxy) is 2. The molecule has 0 aromatic carbocycles. The van der Waals surface area contributed by atoms with Crippen LogP contribution in [0.1, 0.15) is 47.5 Å².